The van der Waals surface area contributed by atoms with E-state index < -0.39 is 18.3 Å². The Hall–Kier alpha value is -3.29. The number of hydrogen-bond donors (Lipinski definition) is 2. The largest absolute Gasteiger partial charge is 0.497 e. The number of carboxylic acid groups (broad SMARTS) is 1. The minimum absolute atomic E-state index is 0.0802. The van der Waals surface area contributed by atoms with Crippen LogP contribution in [0.1, 0.15) is 28.6 Å². The molecule has 0 spiro atoms. The molecule has 8 nitrogen and oxygen atoms in total. The van der Waals surface area contributed by atoms with Crippen molar-refractivity contribution in [2.24, 2.45) is 0 Å². The number of carbonyl (C=O) groups excluding carboxylic acids is 2. The SMILES string of the molecule is CCN(CC(=O)Nc1cccc(OC)c1)C(=O)c1c(C)coc1CC(=O)O. The van der Waals surface area contributed by atoms with E-state index in [4.69, 9.17) is 14.3 Å². The third-order valence-corrected chi connectivity index (χ3v) is 3.93. The van der Waals surface area contributed by atoms with Gasteiger partial charge in [-0.3, -0.25) is 14.4 Å². The second kappa shape index (κ2) is 8.88. The lowest BCUT2D eigenvalue weighted by molar-refractivity contribution is -0.136. The summed E-state index contributed by atoms with van der Waals surface area (Å²) in [6.45, 7) is 3.50. The van der Waals surface area contributed by atoms with Gasteiger partial charge in [-0.15, -0.1) is 0 Å². The number of hydrogen-bond acceptors (Lipinski definition) is 5. The number of furan rings is 1. The van der Waals surface area contributed by atoms with E-state index in [0.717, 1.165) is 0 Å². The van der Waals surface area contributed by atoms with E-state index >= 15 is 0 Å². The molecule has 0 unspecified atom stereocenters. The number of aliphatic carboxylic acids is 1. The summed E-state index contributed by atoms with van der Waals surface area (Å²) in [6.07, 6.45) is 0.943. The minimum Gasteiger partial charge on any atom is -0.497 e. The van der Waals surface area contributed by atoms with E-state index in [2.05, 4.69) is 5.32 Å². The zero-order valence-corrected chi connectivity index (χ0v) is 15.4. The fraction of sp³-hybridized carbons (Fsp3) is 0.316. The van der Waals surface area contributed by atoms with Gasteiger partial charge in [0.05, 0.1) is 18.9 Å². The van der Waals surface area contributed by atoms with Gasteiger partial charge in [0.25, 0.3) is 5.91 Å². The van der Waals surface area contributed by atoms with E-state index in [0.29, 0.717) is 17.0 Å². The molecule has 0 bridgehead atoms. The van der Waals surface area contributed by atoms with Gasteiger partial charge in [0.2, 0.25) is 5.91 Å². The van der Waals surface area contributed by atoms with Crippen molar-refractivity contribution in [2.45, 2.75) is 20.3 Å². The molecule has 2 N–H and O–H groups in total. The molecule has 1 aromatic carbocycles. The van der Waals surface area contributed by atoms with Gasteiger partial charge in [0.1, 0.15) is 24.5 Å². The van der Waals surface area contributed by atoms with E-state index in [9.17, 15) is 14.4 Å². The van der Waals surface area contributed by atoms with Crippen molar-refractivity contribution < 1.29 is 28.6 Å². The number of ether oxygens (including phenoxy) is 1. The standard InChI is InChI=1S/C19H22N2O6/c1-4-21(10-16(22)20-13-6-5-7-14(8-13)26-3)19(25)18-12(2)11-27-15(18)9-17(23)24/h5-8,11H,4,9-10H2,1-3H3,(H,20,22)(H,23,24). The molecule has 0 aliphatic rings. The van der Waals surface area contributed by atoms with Crippen molar-refractivity contribution in [3.8, 4) is 5.75 Å². The average Bonchev–Trinajstić information content (AvgIpc) is 2.98. The summed E-state index contributed by atoms with van der Waals surface area (Å²) >= 11 is 0. The van der Waals surface area contributed by atoms with Gasteiger partial charge in [-0.05, 0) is 26.0 Å². The summed E-state index contributed by atoms with van der Waals surface area (Å²) in [4.78, 5) is 37.5. The summed E-state index contributed by atoms with van der Waals surface area (Å²) in [5, 5.41) is 11.7. The number of carbonyl (C=O) groups is 3. The van der Waals surface area contributed by atoms with Crippen LogP contribution >= 0.6 is 0 Å². The molecule has 27 heavy (non-hydrogen) atoms. The molecule has 2 aromatic rings. The average molecular weight is 374 g/mol. The molecule has 0 saturated carbocycles. The first-order valence-electron chi connectivity index (χ1n) is 8.37. The van der Waals surface area contributed by atoms with Gasteiger partial charge in [0, 0.05) is 23.9 Å². The van der Waals surface area contributed by atoms with Crippen LogP contribution in [0.4, 0.5) is 5.69 Å². The molecule has 0 aliphatic heterocycles. The van der Waals surface area contributed by atoms with Gasteiger partial charge in [-0.1, -0.05) is 6.07 Å². The highest BCUT2D eigenvalue weighted by molar-refractivity contribution is 6.01. The van der Waals surface area contributed by atoms with Crippen LogP contribution in [0.25, 0.3) is 0 Å². The lowest BCUT2D eigenvalue weighted by Crippen LogP contribution is -2.38. The maximum Gasteiger partial charge on any atom is 0.311 e. The minimum atomic E-state index is -1.10. The highest BCUT2D eigenvalue weighted by Gasteiger charge is 2.25. The van der Waals surface area contributed by atoms with E-state index in [1.54, 1.807) is 38.1 Å². The van der Waals surface area contributed by atoms with Gasteiger partial charge in [-0.25, -0.2) is 0 Å². The molecule has 0 atom stereocenters. The molecule has 144 valence electrons. The lowest BCUT2D eigenvalue weighted by atomic mass is 10.1. The topological polar surface area (TPSA) is 109 Å². The summed E-state index contributed by atoms with van der Waals surface area (Å²) in [5.41, 5.74) is 1.27. The smallest absolute Gasteiger partial charge is 0.311 e. The van der Waals surface area contributed by atoms with E-state index in [-0.39, 0.29) is 30.3 Å². The second-order valence-corrected chi connectivity index (χ2v) is 5.89. The summed E-state index contributed by atoms with van der Waals surface area (Å²) < 4.78 is 10.3. The molecular formula is C19H22N2O6. The quantitative estimate of drug-likeness (QED) is 0.734. The number of benzene rings is 1. The zero-order chi connectivity index (χ0) is 20.0. The van der Waals surface area contributed by atoms with Crippen molar-refractivity contribution in [1.82, 2.24) is 4.90 Å². The molecule has 1 aromatic heterocycles. The number of rotatable bonds is 8. The van der Waals surface area contributed by atoms with Crippen LogP contribution in [0, 0.1) is 6.92 Å². The first-order valence-corrected chi connectivity index (χ1v) is 8.37. The van der Waals surface area contributed by atoms with Crippen LogP contribution in [-0.2, 0) is 16.0 Å². The molecule has 8 heteroatoms. The third kappa shape index (κ3) is 5.10. The molecule has 1 heterocycles. The first-order chi connectivity index (χ1) is 12.8. The maximum atomic E-state index is 12.8. The van der Waals surface area contributed by atoms with Crippen molar-refractivity contribution in [3.05, 3.63) is 47.4 Å². The molecular weight excluding hydrogens is 352 g/mol. The first kappa shape index (κ1) is 20.0. The van der Waals surface area contributed by atoms with Crippen LogP contribution in [-0.4, -0.2) is 48.0 Å². The third-order valence-electron chi connectivity index (χ3n) is 3.93. The number of amides is 2. The number of nitrogens with one attached hydrogen (secondary N) is 1. The number of aryl methyl sites for hydroxylation is 1. The van der Waals surface area contributed by atoms with Gasteiger partial charge < -0.3 is 24.5 Å². The van der Waals surface area contributed by atoms with Gasteiger partial charge in [-0.2, -0.15) is 0 Å². The molecule has 0 fully saturated rings. The Morgan fingerprint density at radius 1 is 1.30 bits per heavy atom. The van der Waals surface area contributed by atoms with Crippen molar-refractivity contribution in [1.29, 1.82) is 0 Å². The van der Waals surface area contributed by atoms with Crippen molar-refractivity contribution >= 4 is 23.5 Å². The second-order valence-electron chi connectivity index (χ2n) is 5.89. The van der Waals surface area contributed by atoms with Crippen LogP contribution in [0.15, 0.2) is 34.9 Å². The predicted molar refractivity (Wildman–Crippen MR) is 98.0 cm³/mol. The van der Waals surface area contributed by atoms with Crippen molar-refractivity contribution in [3.63, 3.8) is 0 Å². The summed E-state index contributed by atoms with van der Waals surface area (Å²) in [6, 6.07) is 6.87. The van der Waals surface area contributed by atoms with Gasteiger partial charge >= 0.3 is 5.97 Å². The van der Waals surface area contributed by atoms with Crippen LogP contribution in [0.3, 0.4) is 0 Å². The summed E-state index contributed by atoms with van der Waals surface area (Å²) in [7, 11) is 1.53. The maximum absolute atomic E-state index is 12.8. The Labute approximate surface area is 156 Å². The lowest BCUT2D eigenvalue weighted by Gasteiger charge is -2.21. The molecule has 2 amide bonds. The highest BCUT2D eigenvalue weighted by atomic mass is 16.5. The normalized spacial score (nSPS) is 10.3. The summed E-state index contributed by atoms with van der Waals surface area (Å²) in [5.74, 6) is -1.24. The monoisotopic (exact) mass is 374 g/mol. The van der Waals surface area contributed by atoms with E-state index in [1.165, 1.54) is 18.3 Å². The molecule has 0 aliphatic carbocycles. The number of anilines is 1. The molecule has 0 saturated heterocycles. The number of nitrogens with zero attached hydrogens (tertiary/aromatic N) is 1. The Morgan fingerprint density at radius 2 is 2.04 bits per heavy atom. The molecule has 0 radical (unpaired) electrons. The van der Waals surface area contributed by atoms with Gasteiger partial charge in [0.15, 0.2) is 0 Å². The Morgan fingerprint density at radius 3 is 2.67 bits per heavy atom. The fourth-order valence-corrected chi connectivity index (χ4v) is 2.61. The van der Waals surface area contributed by atoms with Crippen molar-refractivity contribution in [2.75, 3.05) is 25.5 Å². The Kier molecular flexibility index (Phi) is 6.59. The Bertz CT molecular complexity index is 842. The highest BCUT2D eigenvalue weighted by Crippen LogP contribution is 2.20. The zero-order valence-electron chi connectivity index (χ0n) is 15.4. The fourth-order valence-electron chi connectivity index (χ4n) is 2.61. The predicted octanol–water partition coefficient (Wildman–Crippen LogP) is 2.32. The van der Waals surface area contributed by atoms with Crippen LogP contribution in [0.2, 0.25) is 0 Å². The number of methoxy groups -OCH3 is 1. The van der Waals surface area contributed by atoms with Crippen LogP contribution in [0.5, 0.6) is 5.75 Å². The van der Waals surface area contributed by atoms with E-state index in [1.807, 2.05) is 0 Å². The number of carboxylic acids is 1. The Balaban J connectivity index is 2.12. The number of likely N-dealkylation sites (N-methyl/N-ethyl adjacent to an activating group) is 1. The van der Waals surface area contributed by atoms with Crippen LogP contribution < -0.4 is 10.1 Å². The molecule has 2 rings (SSSR count).